The van der Waals surface area contributed by atoms with Gasteiger partial charge in [0, 0.05) is 23.3 Å². The van der Waals surface area contributed by atoms with Crippen molar-refractivity contribution in [3.05, 3.63) is 95.0 Å². The number of halogens is 1. The third-order valence-electron chi connectivity index (χ3n) is 3.47. The van der Waals surface area contributed by atoms with Crippen molar-refractivity contribution in [1.82, 2.24) is 0 Å². The molecule has 0 bridgehead atoms. The lowest BCUT2D eigenvalue weighted by molar-refractivity contribution is 0.306. The molecule has 3 heteroatoms. The molecule has 3 aromatic rings. The van der Waals surface area contributed by atoms with Crippen LogP contribution < -0.4 is 10.1 Å². The minimum absolute atomic E-state index is 0.568. The number of nitrogens with one attached hydrogen (secondary N) is 1. The van der Waals surface area contributed by atoms with Gasteiger partial charge in [-0.1, -0.05) is 60.1 Å². The summed E-state index contributed by atoms with van der Waals surface area (Å²) in [6, 6.07) is 26.0. The fourth-order valence-electron chi connectivity index (χ4n) is 2.29. The second-order valence-electron chi connectivity index (χ2n) is 5.29. The minimum Gasteiger partial charge on any atom is -0.489 e. The van der Waals surface area contributed by atoms with Gasteiger partial charge in [-0.25, -0.2) is 0 Å². The van der Waals surface area contributed by atoms with Crippen molar-refractivity contribution in [3.63, 3.8) is 0 Å². The molecular weight excluding hydrogens is 306 g/mol. The standard InChI is InChI=1S/C20H18ClNO/c21-18-9-4-8-17(12-18)14-22-19-10-5-11-20(13-19)23-15-16-6-2-1-3-7-16/h1-13,22H,14-15H2. The largest absolute Gasteiger partial charge is 0.489 e. The number of anilines is 1. The van der Waals surface area contributed by atoms with E-state index in [2.05, 4.69) is 23.5 Å². The Morgan fingerprint density at radius 3 is 2.39 bits per heavy atom. The highest BCUT2D eigenvalue weighted by Gasteiger charge is 1.99. The Balaban J connectivity index is 1.59. The number of ether oxygens (including phenoxy) is 1. The first-order valence-corrected chi connectivity index (χ1v) is 7.92. The molecule has 2 nitrogen and oxygen atoms in total. The van der Waals surface area contributed by atoms with E-state index in [0.29, 0.717) is 6.61 Å². The minimum atomic E-state index is 0.568. The van der Waals surface area contributed by atoms with Crippen LogP contribution in [0.1, 0.15) is 11.1 Å². The lowest BCUT2D eigenvalue weighted by Gasteiger charge is -2.10. The average molecular weight is 324 g/mol. The molecular formula is C20H18ClNO. The molecule has 23 heavy (non-hydrogen) atoms. The highest BCUT2D eigenvalue weighted by molar-refractivity contribution is 6.30. The average Bonchev–Trinajstić information content (AvgIpc) is 2.60. The van der Waals surface area contributed by atoms with E-state index in [-0.39, 0.29) is 0 Å². The smallest absolute Gasteiger partial charge is 0.121 e. The zero-order valence-electron chi connectivity index (χ0n) is 12.7. The molecule has 0 spiro atoms. The zero-order valence-corrected chi connectivity index (χ0v) is 13.5. The van der Waals surface area contributed by atoms with Gasteiger partial charge < -0.3 is 10.1 Å². The third-order valence-corrected chi connectivity index (χ3v) is 3.70. The van der Waals surface area contributed by atoms with Crippen LogP contribution in [0.4, 0.5) is 5.69 Å². The summed E-state index contributed by atoms with van der Waals surface area (Å²) < 4.78 is 5.84. The summed E-state index contributed by atoms with van der Waals surface area (Å²) in [5, 5.41) is 4.14. The lowest BCUT2D eigenvalue weighted by Crippen LogP contribution is -2.00. The van der Waals surface area contributed by atoms with Gasteiger partial charge in [0.1, 0.15) is 12.4 Å². The molecule has 0 saturated heterocycles. The van der Waals surface area contributed by atoms with Crippen LogP contribution >= 0.6 is 11.6 Å². The van der Waals surface area contributed by atoms with Crippen molar-refractivity contribution in [2.75, 3.05) is 5.32 Å². The number of hydrogen-bond acceptors (Lipinski definition) is 2. The fourth-order valence-corrected chi connectivity index (χ4v) is 2.50. The molecule has 0 atom stereocenters. The van der Waals surface area contributed by atoms with Crippen LogP contribution in [-0.2, 0) is 13.2 Å². The number of rotatable bonds is 6. The molecule has 3 aromatic carbocycles. The van der Waals surface area contributed by atoms with Gasteiger partial charge in [-0.15, -0.1) is 0 Å². The second-order valence-corrected chi connectivity index (χ2v) is 5.72. The van der Waals surface area contributed by atoms with Crippen LogP contribution in [0.15, 0.2) is 78.9 Å². The molecule has 0 radical (unpaired) electrons. The van der Waals surface area contributed by atoms with Crippen LogP contribution in [0.2, 0.25) is 5.02 Å². The fraction of sp³-hybridized carbons (Fsp3) is 0.100. The van der Waals surface area contributed by atoms with Gasteiger partial charge in [0.2, 0.25) is 0 Å². The molecule has 3 rings (SSSR count). The van der Waals surface area contributed by atoms with Crippen LogP contribution in [0, 0.1) is 0 Å². The Hall–Kier alpha value is -2.45. The summed E-state index contributed by atoms with van der Waals surface area (Å²) in [6.45, 7) is 1.29. The van der Waals surface area contributed by atoms with E-state index in [1.54, 1.807) is 0 Å². The van der Waals surface area contributed by atoms with Crippen molar-refractivity contribution < 1.29 is 4.74 Å². The van der Waals surface area contributed by atoms with E-state index in [1.807, 2.05) is 60.7 Å². The first kappa shape index (κ1) is 15.4. The first-order valence-electron chi connectivity index (χ1n) is 7.55. The van der Waals surface area contributed by atoms with Crippen molar-refractivity contribution in [2.45, 2.75) is 13.2 Å². The van der Waals surface area contributed by atoms with Crippen molar-refractivity contribution in [1.29, 1.82) is 0 Å². The van der Waals surface area contributed by atoms with Crippen LogP contribution in [0.25, 0.3) is 0 Å². The van der Waals surface area contributed by atoms with E-state index >= 15 is 0 Å². The second kappa shape index (κ2) is 7.70. The highest BCUT2D eigenvalue weighted by Crippen LogP contribution is 2.20. The van der Waals surface area contributed by atoms with Gasteiger partial charge in [0.05, 0.1) is 0 Å². The Kier molecular flexibility index (Phi) is 5.17. The maximum atomic E-state index is 6.00. The molecule has 116 valence electrons. The van der Waals surface area contributed by atoms with Gasteiger partial charge in [-0.2, -0.15) is 0 Å². The summed E-state index contributed by atoms with van der Waals surface area (Å²) in [5.74, 6) is 0.852. The predicted molar refractivity (Wildman–Crippen MR) is 96.0 cm³/mol. The van der Waals surface area contributed by atoms with Gasteiger partial charge in [-0.05, 0) is 35.4 Å². The molecule has 0 aromatic heterocycles. The lowest BCUT2D eigenvalue weighted by atomic mass is 10.2. The van der Waals surface area contributed by atoms with E-state index in [1.165, 1.54) is 0 Å². The monoisotopic (exact) mass is 323 g/mol. The molecule has 0 aliphatic rings. The molecule has 0 heterocycles. The van der Waals surface area contributed by atoms with Crippen LogP contribution in [0.5, 0.6) is 5.75 Å². The van der Waals surface area contributed by atoms with E-state index < -0.39 is 0 Å². The number of hydrogen-bond donors (Lipinski definition) is 1. The molecule has 0 fully saturated rings. The van der Waals surface area contributed by atoms with Crippen molar-refractivity contribution >= 4 is 17.3 Å². The summed E-state index contributed by atoms with van der Waals surface area (Å²) in [5.41, 5.74) is 3.33. The molecule has 1 N–H and O–H groups in total. The third kappa shape index (κ3) is 4.76. The normalized spacial score (nSPS) is 10.3. The molecule has 0 unspecified atom stereocenters. The highest BCUT2D eigenvalue weighted by atomic mass is 35.5. The first-order chi connectivity index (χ1) is 11.3. The predicted octanol–water partition coefficient (Wildman–Crippen LogP) is 5.53. The summed E-state index contributed by atoms with van der Waals surface area (Å²) in [4.78, 5) is 0. The van der Waals surface area contributed by atoms with Crippen molar-refractivity contribution in [2.24, 2.45) is 0 Å². The maximum absolute atomic E-state index is 6.00. The maximum Gasteiger partial charge on any atom is 0.121 e. The van der Waals surface area contributed by atoms with Crippen molar-refractivity contribution in [3.8, 4) is 5.75 Å². The quantitative estimate of drug-likeness (QED) is 0.644. The Labute approximate surface area is 141 Å². The molecule has 0 saturated carbocycles. The van der Waals surface area contributed by atoms with E-state index in [4.69, 9.17) is 16.3 Å². The SMILES string of the molecule is Clc1cccc(CNc2cccc(OCc3ccccc3)c2)c1. The van der Waals surface area contributed by atoms with E-state index in [9.17, 15) is 0 Å². The van der Waals surface area contributed by atoms with Gasteiger partial charge in [0.25, 0.3) is 0 Å². The topological polar surface area (TPSA) is 21.3 Å². The van der Waals surface area contributed by atoms with E-state index in [0.717, 1.165) is 34.1 Å². The summed E-state index contributed by atoms with van der Waals surface area (Å²) in [6.07, 6.45) is 0. The van der Waals surface area contributed by atoms with Crippen LogP contribution in [-0.4, -0.2) is 0 Å². The summed E-state index contributed by atoms with van der Waals surface area (Å²) in [7, 11) is 0. The molecule has 0 amide bonds. The Morgan fingerprint density at radius 2 is 1.57 bits per heavy atom. The van der Waals surface area contributed by atoms with Gasteiger partial charge in [0.15, 0.2) is 0 Å². The summed E-state index contributed by atoms with van der Waals surface area (Å²) >= 11 is 6.00. The molecule has 0 aliphatic carbocycles. The molecule has 0 aliphatic heterocycles. The number of benzene rings is 3. The van der Waals surface area contributed by atoms with Gasteiger partial charge >= 0.3 is 0 Å². The zero-order chi connectivity index (χ0) is 15.9. The van der Waals surface area contributed by atoms with Crippen LogP contribution in [0.3, 0.4) is 0 Å². The van der Waals surface area contributed by atoms with Gasteiger partial charge in [-0.3, -0.25) is 0 Å². The Bertz CT molecular complexity index is 758. The Morgan fingerprint density at radius 1 is 0.783 bits per heavy atom.